The van der Waals surface area contributed by atoms with Gasteiger partial charge < -0.3 is 10.1 Å². The highest BCUT2D eigenvalue weighted by Crippen LogP contribution is 2.34. The predicted octanol–water partition coefficient (Wildman–Crippen LogP) is 3.68. The molecule has 0 amide bonds. The molecule has 3 atom stereocenters. The van der Waals surface area contributed by atoms with Crippen molar-refractivity contribution < 1.29 is 4.74 Å². The molecule has 1 aliphatic rings. The Bertz CT molecular complexity index is 415. The van der Waals surface area contributed by atoms with Crippen molar-refractivity contribution in [2.24, 2.45) is 0 Å². The van der Waals surface area contributed by atoms with Crippen molar-refractivity contribution >= 4 is 0 Å². The highest BCUT2D eigenvalue weighted by Gasteiger charge is 2.33. The van der Waals surface area contributed by atoms with Crippen LogP contribution in [0.1, 0.15) is 63.6 Å². The molecule has 1 aliphatic carbocycles. The smallest absolute Gasteiger partial charge is 0.0734 e. The Morgan fingerprint density at radius 1 is 1.38 bits per heavy atom. The van der Waals surface area contributed by atoms with Crippen LogP contribution in [0.25, 0.3) is 0 Å². The number of hydrogen-bond acceptors (Lipinski definition) is 3. The summed E-state index contributed by atoms with van der Waals surface area (Å²) in [4.78, 5) is 4.71. The Morgan fingerprint density at radius 3 is 2.95 bits per heavy atom. The molecule has 1 aromatic rings. The lowest BCUT2D eigenvalue weighted by Gasteiger charge is -2.36. The van der Waals surface area contributed by atoms with Crippen molar-refractivity contribution in [1.82, 2.24) is 10.3 Å². The normalized spacial score (nSPS) is 20.8. The van der Waals surface area contributed by atoms with Crippen molar-refractivity contribution in [2.75, 3.05) is 13.2 Å². The van der Waals surface area contributed by atoms with E-state index in [1.165, 1.54) is 30.5 Å². The highest BCUT2D eigenvalue weighted by molar-refractivity contribution is 5.27. The molecule has 0 saturated carbocycles. The SMILES string of the molecule is CCCC(OCC)C(NCC)C1CCCc2cccnc21. The largest absolute Gasteiger partial charge is 0.377 e. The summed E-state index contributed by atoms with van der Waals surface area (Å²) in [6, 6.07) is 4.69. The number of fused-ring (bicyclic) bond motifs is 1. The van der Waals surface area contributed by atoms with Crippen molar-refractivity contribution in [3.05, 3.63) is 29.6 Å². The van der Waals surface area contributed by atoms with Gasteiger partial charge in [-0.2, -0.15) is 0 Å². The summed E-state index contributed by atoms with van der Waals surface area (Å²) in [5.74, 6) is 0.484. The maximum Gasteiger partial charge on any atom is 0.0734 e. The Morgan fingerprint density at radius 2 is 2.24 bits per heavy atom. The first-order valence-electron chi connectivity index (χ1n) is 8.60. The van der Waals surface area contributed by atoms with Crippen LogP contribution < -0.4 is 5.32 Å². The summed E-state index contributed by atoms with van der Waals surface area (Å²) in [5.41, 5.74) is 2.74. The minimum atomic E-state index is 0.290. The molecule has 1 aromatic heterocycles. The van der Waals surface area contributed by atoms with Gasteiger partial charge in [-0.05, 0) is 50.8 Å². The number of likely N-dealkylation sites (N-methyl/N-ethyl adjacent to an activating group) is 1. The van der Waals surface area contributed by atoms with Crippen LogP contribution in [0.5, 0.6) is 0 Å². The maximum absolute atomic E-state index is 6.08. The standard InChI is InChI=1S/C18H30N2O/c1-4-9-16(21-6-3)18(19-5-2)15-12-7-10-14-11-8-13-20-17(14)15/h8,11,13,15-16,18-19H,4-7,9-10,12H2,1-3H3. The van der Waals surface area contributed by atoms with Crippen LogP contribution in [0.3, 0.4) is 0 Å². The van der Waals surface area contributed by atoms with Gasteiger partial charge in [0.15, 0.2) is 0 Å². The van der Waals surface area contributed by atoms with Gasteiger partial charge in [-0.25, -0.2) is 0 Å². The van der Waals surface area contributed by atoms with Crippen LogP contribution in [0.2, 0.25) is 0 Å². The third-order valence-electron chi connectivity index (χ3n) is 4.47. The monoisotopic (exact) mass is 290 g/mol. The van der Waals surface area contributed by atoms with E-state index in [9.17, 15) is 0 Å². The molecule has 1 heterocycles. The quantitative estimate of drug-likeness (QED) is 0.793. The van der Waals surface area contributed by atoms with Gasteiger partial charge in [0.05, 0.1) is 6.10 Å². The van der Waals surface area contributed by atoms with E-state index in [0.717, 1.165) is 26.0 Å². The van der Waals surface area contributed by atoms with Gasteiger partial charge in [-0.1, -0.05) is 26.3 Å². The van der Waals surface area contributed by atoms with Crippen LogP contribution in [0.4, 0.5) is 0 Å². The molecule has 3 nitrogen and oxygen atoms in total. The first-order chi connectivity index (χ1) is 10.3. The van der Waals surface area contributed by atoms with Gasteiger partial charge in [0, 0.05) is 30.5 Å². The topological polar surface area (TPSA) is 34.1 Å². The number of nitrogens with one attached hydrogen (secondary N) is 1. The summed E-state index contributed by atoms with van der Waals surface area (Å²) in [7, 11) is 0. The zero-order valence-electron chi connectivity index (χ0n) is 13.8. The molecule has 118 valence electrons. The number of rotatable bonds is 8. The third kappa shape index (κ3) is 4.04. The number of nitrogens with zero attached hydrogens (tertiary/aromatic N) is 1. The molecule has 3 unspecified atom stereocenters. The average Bonchev–Trinajstić information content (AvgIpc) is 2.52. The summed E-state index contributed by atoms with van der Waals surface area (Å²) in [6.07, 6.45) is 8.16. The summed E-state index contributed by atoms with van der Waals surface area (Å²) < 4.78 is 6.08. The fraction of sp³-hybridized carbons (Fsp3) is 0.722. The molecule has 0 aliphatic heterocycles. The molecule has 0 radical (unpaired) electrons. The van der Waals surface area contributed by atoms with E-state index >= 15 is 0 Å². The number of aromatic nitrogens is 1. The Labute approximate surface area is 129 Å². The number of pyridine rings is 1. The molecule has 0 aromatic carbocycles. The fourth-order valence-corrected chi connectivity index (χ4v) is 3.63. The second-order valence-corrected chi connectivity index (χ2v) is 5.91. The minimum Gasteiger partial charge on any atom is -0.377 e. The second-order valence-electron chi connectivity index (χ2n) is 5.91. The molecule has 21 heavy (non-hydrogen) atoms. The van der Waals surface area contributed by atoms with E-state index < -0.39 is 0 Å². The zero-order valence-corrected chi connectivity index (χ0v) is 13.8. The molecule has 0 fully saturated rings. The van der Waals surface area contributed by atoms with E-state index in [2.05, 4.69) is 38.2 Å². The van der Waals surface area contributed by atoms with Crippen LogP contribution in [-0.4, -0.2) is 30.3 Å². The van der Waals surface area contributed by atoms with Crippen LogP contribution >= 0.6 is 0 Å². The van der Waals surface area contributed by atoms with Crippen LogP contribution in [0.15, 0.2) is 18.3 Å². The van der Waals surface area contributed by atoms with Crippen molar-refractivity contribution in [3.8, 4) is 0 Å². The molecule has 0 spiro atoms. The molecule has 0 bridgehead atoms. The zero-order chi connectivity index (χ0) is 15.1. The van der Waals surface area contributed by atoms with Gasteiger partial charge in [0.1, 0.15) is 0 Å². The van der Waals surface area contributed by atoms with Gasteiger partial charge in [0.2, 0.25) is 0 Å². The molecular weight excluding hydrogens is 260 g/mol. The van der Waals surface area contributed by atoms with Crippen molar-refractivity contribution in [1.29, 1.82) is 0 Å². The third-order valence-corrected chi connectivity index (χ3v) is 4.47. The Kier molecular flexibility index (Phi) is 6.65. The fourth-order valence-electron chi connectivity index (χ4n) is 3.63. The first-order valence-corrected chi connectivity index (χ1v) is 8.60. The lowest BCUT2D eigenvalue weighted by atomic mass is 9.79. The van der Waals surface area contributed by atoms with Gasteiger partial charge in [-0.3, -0.25) is 4.98 Å². The lowest BCUT2D eigenvalue weighted by molar-refractivity contribution is 0.0190. The number of ether oxygens (including phenoxy) is 1. The van der Waals surface area contributed by atoms with E-state index in [-0.39, 0.29) is 6.10 Å². The number of aryl methyl sites for hydroxylation is 1. The maximum atomic E-state index is 6.08. The Hall–Kier alpha value is -0.930. The number of hydrogen-bond donors (Lipinski definition) is 1. The van der Waals surface area contributed by atoms with E-state index in [1.807, 2.05) is 6.20 Å². The second kappa shape index (κ2) is 8.50. The molecule has 3 heteroatoms. The summed E-state index contributed by atoms with van der Waals surface area (Å²) in [6.45, 7) is 8.29. The van der Waals surface area contributed by atoms with E-state index in [4.69, 9.17) is 9.72 Å². The van der Waals surface area contributed by atoms with Crippen LogP contribution in [-0.2, 0) is 11.2 Å². The van der Waals surface area contributed by atoms with Gasteiger partial charge in [0.25, 0.3) is 0 Å². The Balaban J connectivity index is 2.25. The van der Waals surface area contributed by atoms with Gasteiger partial charge in [-0.15, -0.1) is 0 Å². The van der Waals surface area contributed by atoms with Gasteiger partial charge >= 0.3 is 0 Å². The van der Waals surface area contributed by atoms with Crippen molar-refractivity contribution in [3.63, 3.8) is 0 Å². The average molecular weight is 290 g/mol. The van der Waals surface area contributed by atoms with E-state index in [1.54, 1.807) is 0 Å². The summed E-state index contributed by atoms with van der Waals surface area (Å²) >= 11 is 0. The first kappa shape index (κ1) is 16.4. The molecule has 1 N–H and O–H groups in total. The summed E-state index contributed by atoms with van der Waals surface area (Å²) in [5, 5.41) is 3.70. The lowest BCUT2D eigenvalue weighted by Crippen LogP contribution is -2.46. The minimum absolute atomic E-state index is 0.290. The molecular formula is C18H30N2O. The predicted molar refractivity (Wildman–Crippen MR) is 87.7 cm³/mol. The molecule has 2 rings (SSSR count). The molecule has 0 saturated heterocycles. The van der Waals surface area contributed by atoms with Crippen LogP contribution in [0, 0.1) is 0 Å². The highest BCUT2D eigenvalue weighted by atomic mass is 16.5. The van der Waals surface area contributed by atoms with Crippen molar-refractivity contribution in [2.45, 2.75) is 70.9 Å². The van der Waals surface area contributed by atoms with E-state index in [0.29, 0.717) is 12.0 Å².